The van der Waals surface area contributed by atoms with Gasteiger partial charge in [0.2, 0.25) is 17.7 Å². The summed E-state index contributed by atoms with van der Waals surface area (Å²) in [7, 11) is 0. The summed E-state index contributed by atoms with van der Waals surface area (Å²) in [4.78, 5) is 42.4. The molecule has 5 rings (SSSR count). The number of hydrogen-bond acceptors (Lipinski definition) is 4. The van der Waals surface area contributed by atoms with E-state index in [9.17, 15) is 14.4 Å². The van der Waals surface area contributed by atoms with Crippen molar-refractivity contribution in [1.82, 2.24) is 15.5 Å². The zero-order chi connectivity index (χ0) is 22.2. The molecular weight excluding hydrogens is 394 g/mol. The first kappa shape index (κ1) is 21.0. The van der Waals surface area contributed by atoms with Crippen LogP contribution in [0.25, 0.3) is 0 Å². The maximum Gasteiger partial charge on any atom is 0.246 e. The predicted molar refractivity (Wildman–Crippen MR) is 115 cm³/mol. The average molecular weight is 430 g/mol. The van der Waals surface area contributed by atoms with E-state index in [0.717, 1.165) is 38.5 Å². The molecule has 0 aromatic carbocycles. The van der Waals surface area contributed by atoms with Crippen LogP contribution in [0.4, 0.5) is 0 Å². The van der Waals surface area contributed by atoms with Crippen LogP contribution in [-0.4, -0.2) is 57.5 Å². The summed E-state index contributed by atoms with van der Waals surface area (Å²) in [5.74, 6) is -1.67. The van der Waals surface area contributed by atoms with E-state index < -0.39 is 34.6 Å². The van der Waals surface area contributed by atoms with Crippen molar-refractivity contribution in [3.05, 3.63) is 12.2 Å². The zero-order valence-electron chi connectivity index (χ0n) is 19.1. The predicted octanol–water partition coefficient (Wildman–Crippen LogP) is 2.05. The third kappa shape index (κ3) is 3.22. The molecule has 3 heterocycles. The summed E-state index contributed by atoms with van der Waals surface area (Å²) in [6.45, 7) is 7.68. The molecule has 4 fully saturated rings. The van der Waals surface area contributed by atoms with Crippen molar-refractivity contribution in [2.75, 3.05) is 0 Å². The van der Waals surface area contributed by atoms with Gasteiger partial charge in [0.25, 0.3) is 0 Å². The van der Waals surface area contributed by atoms with Crippen LogP contribution in [-0.2, 0) is 19.1 Å². The molecule has 5 atom stereocenters. The highest BCUT2D eigenvalue weighted by molar-refractivity contribution is 6.00. The zero-order valence-corrected chi connectivity index (χ0v) is 19.1. The van der Waals surface area contributed by atoms with Crippen LogP contribution in [0.15, 0.2) is 12.2 Å². The van der Waals surface area contributed by atoms with Crippen molar-refractivity contribution in [1.29, 1.82) is 0 Å². The molecule has 170 valence electrons. The van der Waals surface area contributed by atoms with Gasteiger partial charge >= 0.3 is 0 Å². The van der Waals surface area contributed by atoms with Crippen LogP contribution in [0.1, 0.15) is 72.6 Å². The molecule has 2 bridgehead atoms. The Kier molecular flexibility index (Phi) is 4.60. The summed E-state index contributed by atoms with van der Waals surface area (Å²) in [5.41, 5.74) is -2.36. The summed E-state index contributed by atoms with van der Waals surface area (Å²) in [5, 5.41) is 6.28. The number of amides is 3. The highest BCUT2D eigenvalue weighted by Crippen LogP contribution is 2.61. The van der Waals surface area contributed by atoms with Crippen LogP contribution in [0.3, 0.4) is 0 Å². The van der Waals surface area contributed by atoms with Crippen molar-refractivity contribution in [3.8, 4) is 0 Å². The minimum Gasteiger partial charge on any atom is -0.356 e. The second-order valence-corrected chi connectivity index (χ2v) is 11.4. The lowest BCUT2D eigenvalue weighted by molar-refractivity contribution is -0.146. The number of rotatable bonds is 4. The molecule has 3 aliphatic heterocycles. The molecule has 2 N–H and O–H groups in total. The van der Waals surface area contributed by atoms with Crippen LogP contribution < -0.4 is 10.6 Å². The van der Waals surface area contributed by atoms with Gasteiger partial charge in [-0.2, -0.15) is 0 Å². The maximum absolute atomic E-state index is 13.7. The van der Waals surface area contributed by atoms with Gasteiger partial charge in [0.1, 0.15) is 11.6 Å². The Morgan fingerprint density at radius 1 is 1.06 bits per heavy atom. The Morgan fingerprint density at radius 3 is 2.35 bits per heavy atom. The lowest BCUT2D eigenvalue weighted by Crippen LogP contribution is -2.58. The van der Waals surface area contributed by atoms with E-state index in [1.807, 2.05) is 39.8 Å². The number of nitrogens with one attached hydrogen (secondary N) is 2. The van der Waals surface area contributed by atoms with E-state index in [0.29, 0.717) is 0 Å². The number of likely N-dealkylation sites (tertiary alicyclic amines) is 1. The van der Waals surface area contributed by atoms with Crippen LogP contribution in [0.2, 0.25) is 0 Å². The van der Waals surface area contributed by atoms with Crippen molar-refractivity contribution in [2.45, 2.75) is 108 Å². The van der Waals surface area contributed by atoms with Gasteiger partial charge in [-0.25, -0.2) is 0 Å². The summed E-state index contributed by atoms with van der Waals surface area (Å²) in [6.07, 6.45) is 11.0. The quantitative estimate of drug-likeness (QED) is 0.670. The van der Waals surface area contributed by atoms with Crippen molar-refractivity contribution < 1.29 is 19.1 Å². The molecule has 31 heavy (non-hydrogen) atoms. The van der Waals surface area contributed by atoms with Gasteiger partial charge < -0.3 is 20.3 Å². The number of nitrogens with zero attached hydrogens (tertiary/aromatic N) is 1. The Labute approximate surface area is 184 Å². The second-order valence-electron chi connectivity index (χ2n) is 11.4. The molecular formula is C24H35N3O4. The topological polar surface area (TPSA) is 87.7 Å². The summed E-state index contributed by atoms with van der Waals surface area (Å²) >= 11 is 0. The molecule has 0 radical (unpaired) electrons. The molecule has 5 aliphatic rings. The summed E-state index contributed by atoms with van der Waals surface area (Å²) in [6, 6.07) is -0.503. The largest absolute Gasteiger partial charge is 0.356 e. The van der Waals surface area contributed by atoms with E-state index in [4.69, 9.17) is 4.74 Å². The van der Waals surface area contributed by atoms with E-state index in [-0.39, 0.29) is 29.8 Å². The number of hydrogen-bond donors (Lipinski definition) is 2. The monoisotopic (exact) mass is 429 g/mol. The number of ether oxygens (including phenoxy) is 1. The van der Waals surface area contributed by atoms with Crippen LogP contribution in [0.5, 0.6) is 0 Å². The lowest BCUT2D eigenvalue weighted by atomic mass is 9.70. The molecule has 0 aromatic rings. The smallest absolute Gasteiger partial charge is 0.246 e. The van der Waals surface area contributed by atoms with Gasteiger partial charge in [-0.15, -0.1) is 0 Å². The Morgan fingerprint density at radius 2 is 1.74 bits per heavy atom. The van der Waals surface area contributed by atoms with E-state index in [1.165, 1.54) is 6.42 Å². The molecule has 7 nitrogen and oxygen atoms in total. The van der Waals surface area contributed by atoms with Crippen molar-refractivity contribution in [3.63, 3.8) is 0 Å². The van der Waals surface area contributed by atoms with Gasteiger partial charge in [0, 0.05) is 17.6 Å². The Balaban J connectivity index is 1.48. The van der Waals surface area contributed by atoms with Gasteiger partial charge in [0.15, 0.2) is 0 Å². The molecule has 3 amide bonds. The second kappa shape index (κ2) is 6.80. The molecule has 1 spiro atoms. The molecule has 0 unspecified atom stereocenters. The van der Waals surface area contributed by atoms with E-state index >= 15 is 0 Å². The van der Waals surface area contributed by atoms with Crippen LogP contribution in [0, 0.1) is 11.8 Å². The molecule has 0 aromatic heterocycles. The molecule has 7 heteroatoms. The van der Waals surface area contributed by atoms with Crippen molar-refractivity contribution >= 4 is 17.7 Å². The fraction of sp³-hybridized carbons (Fsp3) is 0.792. The highest BCUT2D eigenvalue weighted by Gasteiger charge is 2.77. The molecule has 2 aliphatic carbocycles. The Hall–Kier alpha value is -1.89. The minimum atomic E-state index is -1.07. The maximum atomic E-state index is 13.7. The van der Waals surface area contributed by atoms with Gasteiger partial charge in [-0.3, -0.25) is 14.4 Å². The molecule has 2 saturated heterocycles. The Bertz CT molecular complexity index is 838. The molecule has 2 saturated carbocycles. The number of fused-ring (bicyclic) bond motifs is 1. The summed E-state index contributed by atoms with van der Waals surface area (Å²) < 4.78 is 6.53. The lowest BCUT2D eigenvalue weighted by Gasteiger charge is -2.35. The number of carbonyl (C=O) groups is 3. The fourth-order valence-electron chi connectivity index (χ4n) is 6.29. The fourth-order valence-corrected chi connectivity index (χ4v) is 6.29. The minimum absolute atomic E-state index is 0.0640. The normalized spacial score (nSPS) is 39.7. The van der Waals surface area contributed by atoms with Gasteiger partial charge in [-0.1, -0.05) is 31.4 Å². The first-order chi connectivity index (χ1) is 14.6. The first-order valence-electron chi connectivity index (χ1n) is 11.9. The van der Waals surface area contributed by atoms with E-state index in [1.54, 1.807) is 4.90 Å². The standard InChI is InChI=1S/C24H35N3O4/c1-22(2,3)26-20(29)18-24-13-12-23(4,31-24)16(17(24)21(30)27(18)15-10-11-15)19(28)25-14-8-6-5-7-9-14/h12-18H,5-11H2,1-4H3,(H,25,28)(H,26,29)/t16-,17-,18-,23+,24-/m0/s1. The van der Waals surface area contributed by atoms with E-state index in [2.05, 4.69) is 10.6 Å². The van der Waals surface area contributed by atoms with Gasteiger partial charge in [0.05, 0.1) is 17.4 Å². The van der Waals surface area contributed by atoms with Crippen molar-refractivity contribution in [2.24, 2.45) is 11.8 Å². The highest BCUT2D eigenvalue weighted by atomic mass is 16.5. The first-order valence-corrected chi connectivity index (χ1v) is 11.9. The third-order valence-electron chi connectivity index (χ3n) is 7.66. The van der Waals surface area contributed by atoms with Gasteiger partial charge in [-0.05, 0) is 53.4 Å². The third-order valence-corrected chi connectivity index (χ3v) is 7.66. The van der Waals surface area contributed by atoms with Crippen LogP contribution >= 0.6 is 0 Å². The SMILES string of the molecule is CC(C)(C)NC(=O)[C@@H]1N(C2CC2)C(=O)[C@@H]2[C@@H](C(=O)NC3CCCCC3)[C@@]3(C)C=C[C@]21O3. The number of carbonyl (C=O) groups excluding carboxylic acids is 3. The average Bonchev–Trinajstić information content (AvgIpc) is 3.34.